The fourth-order valence-electron chi connectivity index (χ4n) is 3.38. The van der Waals surface area contributed by atoms with Crippen LogP contribution in [0.15, 0.2) is 0 Å². The van der Waals surface area contributed by atoms with E-state index in [1.165, 1.54) is 0 Å². The van der Waals surface area contributed by atoms with E-state index in [0.717, 1.165) is 31.6 Å². The van der Waals surface area contributed by atoms with E-state index in [2.05, 4.69) is 38.5 Å². The van der Waals surface area contributed by atoms with Gasteiger partial charge in [-0.2, -0.15) is 0 Å². The molecule has 4 saturated carbocycles. The second-order valence-electron chi connectivity index (χ2n) is 4.58. The van der Waals surface area contributed by atoms with Gasteiger partial charge in [-0.1, -0.05) is 38.5 Å². The molecule has 0 amide bonds. The van der Waals surface area contributed by atoms with E-state index in [1.54, 1.807) is 0 Å². The molecule has 4 fully saturated rings. The fraction of sp³-hybridized carbons (Fsp3) is 0.889. The first kappa shape index (κ1) is 8.21. The topological polar surface area (TPSA) is 17.1 Å². The molecule has 12 heavy (non-hydrogen) atoms. The van der Waals surface area contributed by atoms with Crippen LogP contribution in [-0.2, 0) is 4.79 Å². The average molecular weight is 341 g/mol. The third kappa shape index (κ3) is 0.781. The second kappa shape index (κ2) is 2.10. The first-order valence-corrected chi connectivity index (χ1v) is 6.33. The summed E-state index contributed by atoms with van der Waals surface area (Å²) in [6, 6.07) is 0. The highest BCUT2D eigenvalue weighted by atomic mass is 127. The van der Waals surface area contributed by atoms with Crippen LogP contribution >= 0.6 is 38.5 Å². The van der Waals surface area contributed by atoms with E-state index < -0.39 is 0 Å². The number of hydrogen-bond donors (Lipinski definition) is 0. The Balaban J connectivity index is 2.12. The SMILES string of the molecule is O=C1C2CC3CC1(I)CC3(Br)C2. The molecule has 0 radical (unpaired) electrons. The molecule has 0 spiro atoms. The standard InChI is InChI=1S/C9H10BrIO/c10-8-2-5-1-6(8)3-9(11,4-8)7(5)12/h5-6H,1-4H2. The van der Waals surface area contributed by atoms with E-state index >= 15 is 0 Å². The van der Waals surface area contributed by atoms with Crippen molar-refractivity contribution in [2.45, 2.75) is 33.4 Å². The first-order chi connectivity index (χ1) is 5.54. The summed E-state index contributed by atoms with van der Waals surface area (Å²) in [6.45, 7) is 0. The molecule has 66 valence electrons. The van der Waals surface area contributed by atoms with Gasteiger partial charge in [0, 0.05) is 10.2 Å². The van der Waals surface area contributed by atoms with Gasteiger partial charge in [-0.25, -0.2) is 0 Å². The van der Waals surface area contributed by atoms with E-state index in [-0.39, 0.29) is 3.42 Å². The maximum Gasteiger partial charge on any atom is 0.151 e. The van der Waals surface area contributed by atoms with E-state index in [4.69, 9.17) is 0 Å². The van der Waals surface area contributed by atoms with Crippen LogP contribution in [-0.4, -0.2) is 13.5 Å². The van der Waals surface area contributed by atoms with Gasteiger partial charge in [0.05, 0.1) is 3.42 Å². The van der Waals surface area contributed by atoms with Gasteiger partial charge in [-0.15, -0.1) is 0 Å². The van der Waals surface area contributed by atoms with Crippen molar-refractivity contribution in [1.29, 1.82) is 0 Å². The van der Waals surface area contributed by atoms with Crippen molar-refractivity contribution >= 4 is 44.3 Å². The number of ketones is 1. The zero-order valence-electron chi connectivity index (χ0n) is 6.65. The molecule has 4 bridgehead atoms. The molecule has 0 aromatic heterocycles. The normalized spacial score (nSPS) is 61.7. The fourth-order valence-corrected chi connectivity index (χ4v) is 6.77. The molecular formula is C9H10BrIO. The molecule has 4 rings (SSSR count). The summed E-state index contributed by atoms with van der Waals surface area (Å²) in [6.07, 6.45) is 4.49. The number of Topliss-reactive ketones (excluding diaryl/α,β-unsaturated/α-hetero) is 1. The molecular weight excluding hydrogens is 331 g/mol. The smallest absolute Gasteiger partial charge is 0.151 e. The zero-order chi connectivity index (χ0) is 8.56. The summed E-state index contributed by atoms with van der Waals surface area (Å²) in [5.41, 5.74) is 0. The average Bonchev–Trinajstić information content (AvgIpc) is 2.30. The van der Waals surface area contributed by atoms with Gasteiger partial charge in [0.25, 0.3) is 0 Å². The van der Waals surface area contributed by atoms with Crippen molar-refractivity contribution in [1.82, 2.24) is 0 Å². The molecule has 3 heteroatoms. The van der Waals surface area contributed by atoms with Crippen LogP contribution in [0.4, 0.5) is 0 Å². The lowest BCUT2D eigenvalue weighted by molar-refractivity contribution is -0.126. The highest BCUT2D eigenvalue weighted by molar-refractivity contribution is 14.1. The molecule has 0 aromatic carbocycles. The molecule has 0 aromatic rings. The summed E-state index contributed by atoms with van der Waals surface area (Å²) in [5.74, 6) is 1.73. The van der Waals surface area contributed by atoms with Crippen LogP contribution in [0, 0.1) is 11.8 Å². The summed E-state index contributed by atoms with van der Waals surface area (Å²) in [7, 11) is 0. The molecule has 0 N–H and O–H groups in total. The minimum absolute atomic E-state index is 0.0209. The number of alkyl halides is 2. The third-order valence-electron chi connectivity index (χ3n) is 3.84. The third-order valence-corrected chi connectivity index (χ3v) is 6.45. The summed E-state index contributed by atoms with van der Waals surface area (Å²) in [5, 5.41) is 0. The Morgan fingerprint density at radius 3 is 2.83 bits per heavy atom. The largest absolute Gasteiger partial charge is 0.298 e. The molecule has 0 saturated heterocycles. The van der Waals surface area contributed by atoms with Gasteiger partial charge in [-0.05, 0) is 31.6 Å². The molecule has 4 atom stereocenters. The lowest BCUT2D eigenvalue weighted by atomic mass is 9.80. The number of carbonyl (C=O) groups is 1. The van der Waals surface area contributed by atoms with Crippen molar-refractivity contribution in [3.8, 4) is 0 Å². The van der Waals surface area contributed by atoms with Crippen molar-refractivity contribution in [3.05, 3.63) is 0 Å². The van der Waals surface area contributed by atoms with Crippen LogP contribution < -0.4 is 0 Å². The molecule has 4 aliphatic rings. The Hall–Kier alpha value is 0.880. The maximum absolute atomic E-state index is 11.9. The summed E-state index contributed by atoms with van der Waals surface area (Å²) < 4.78 is 0.375. The van der Waals surface area contributed by atoms with Crippen molar-refractivity contribution in [3.63, 3.8) is 0 Å². The zero-order valence-corrected chi connectivity index (χ0v) is 10.4. The minimum Gasteiger partial charge on any atom is -0.298 e. The molecule has 0 aliphatic heterocycles. The van der Waals surface area contributed by atoms with Crippen LogP contribution in [0.5, 0.6) is 0 Å². The number of rotatable bonds is 0. The van der Waals surface area contributed by atoms with Crippen LogP contribution in [0.25, 0.3) is 0 Å². The Morgan fingerprint density at radius 2 is 2.25 bits per heavy atom. The van der Waals surface area contributed by atoms with E-state index in [1.807, 2.05) is 0 Å². The lowest BCUT2D eigenvalue weighted by Crippen LogP contribution is -2.41. The Morgan fingerprint density at radius 1 is 1.50 bits per heavy atom. The van der Waals surface area contributed by atoms with Gasteiger partial charge in [0.15, 0.2) is 5.78 Å². The Labute approximate surface area is 93.9 Å². The van der Waals surface area contributed by atoms with Crippen molar-refractivity contribution in [2.24, 2.45) is 11.8 Å². The molecule has 0 heterocycles. The predicted octanol–water partition coefficient (Wildman–Crippen LogP) is 2.70. The predicted molar refractivity (Wildman–Crippen MR) is 58.9 cm³/mol. The summed E-state index contributed by atoms with van der Waals surface area (Å²) >= 11 is 6.25. The van der Waals surface area contributed by atoms with Crippen LogP contribution in [0.3, 0.4) is 0 Å². The van der Waals surface area contributed by atoms with Crippen molar-refractivity contribution in [2.75, 3.05) is 0 Å². The lowest BCUT2D eigenvalue weighted by Gasteiger charge is -2.32. The van der Waals surface area contributed by atoms with Crippen LogP contribution in [0.2, 0.25) is 0 Å². The van der Waals surface area contributed by atoms with Crippen molar-refractivity contribution < 1.29 is 4.79 Å². The molecule has 4 aliphatic carbocycles. The monoisotopic (exact) mass is 340 g/mol. The van der Waals surface area contributed by atoms with Gasteiger partial charge in [0.1, 0.15) is 0 Å². The number of carbonyl (C=O) groups excluding carboxylic acids is 1. The highest BCUT2D eigenvalue weighted by Crippen LogP contribution is 2.66. The van der Waals surface area contributed by atoms with Gasteiger partial charge in [0.2, 0.25) is 0 Å². The van der Waals surface area contributed by atoms with E-state index in [0.29, 0.717) is 16.0 Å². The summed E-state index contributed by atoms with van der Waals surface area (Å²) in [4.78, 5) is 11.9. The van der Waals surface area contributed by atoms with Gasteiger partial charge in [-0.3, -0.25) is 4.79 Å². The van der Waals surface area contributed by atoms with Crippen LogP contribution in [0.1, 0.15) is 25.7 Å². The highest BCUT2D eigenvalue weighted by Gasteiger charge is 2.66. The Bertz CT molecular complexity index is 280. The Kier molecular flexibility index (Phi) is 1.44. The minimum atomic E-state index is 0.0209. The maximum atomic E-state index is 11.9. The molecule has 4 unspecified atom stereocenters. The number of halogens is 2. The first-order valence-electron chi connectivity index (χ1n) is 4.46. The van der Waals surface area contributed by atoms with E-state index in [9.17, 15) is 4.79 Å². The second-order valence-corrected chi connectivity index (χ2v) is 8.22. The number of hydrogen-bond acceptors (Lipinski definition) is 1. The van der Waals surface area contributed by atoms with Gasteiger partial charge >= 0.3 is 0 Å². The molecule has 1 nitrogen and oxygen atoms in total. The quantitative estimate of drug-likeness (QED) is 0.489. The van der Waals surface area contributed by atoms with Gasteiger partial charge < -0.3 is 0 Å².